The van der Waals surface area contributed by atoms with Crippen LogP contribution in [0, 0.1) is 11.3 Å². The number of nitrogens with one attached hydrogen (secondary N) is 1. The summed E-state index contributed by atoms with van der Waals surface area (Å²) in [7, 11) is 0. The second-order valence-electron chi connectivity index (χ2n) is 2.66. The first-order valence-corrected chi connectivity index (χ1v) is 5.67. The molecule has 0 amide bonds. The molecular formula is C10H9ClN2OS. The van der Waals surface area contributed by atoms with Crippen LogP contribution in [0.3, 0.4) is 0 Å². The Kier molecular flexibility index (Phi) is 4.66. The number of benzene rings is 1. The molecule has 0 saturated carbocycles. The minimum absolute atomic E-state index is 0.323. The molecule has 0 fully saturated rings. The minimum Gasteiger partial charge on any atom is -0.593 e. The van der Waals surface area contributed by atoms with Gasteiger partial charge in [-0.3, -0.25) is 0 Å². The molecule has 5 heteroatoms. The van der Waals surface area contributed by atoms with E-state index in [1.807, 2.05) is 6.07 Å². The Morgan fingerprint density at radius 1 is 1.67 bits per heavy atom. The van der Waals surface area contributed by atoms with Crippen LogP contribution in [0.5, 0.6) is 0 Å². The largest absolute Gasteiger partial charge is 0.593 e. The zero-order valence-corrected chi connectivity index (χ0v) is 9.44. The highest BCUT2D eigenvalue weighted by Gasteiger charge is 2.15. The summed E-state index contributed by atoms with van der Waals surface area (Å²) in [5.74, 6) is 0. The van der Waals surface area contributed by atoms with Crippen molar-refractivity contribution in [1.82, 2.24) is 4.72 Å². The van der Waals surface area contributed by atoms with Crippen LogP contribution in [0.1, 0.15) is 5.56 Å². The van der Waals surface area contributed by atoms with E-state index in [0.29, 0.717) is 22.0 Å². The van der Waals surface area contributed by atoms with Crippen LogP contribution in [0.2, 0.25) is 5.02 Å². The summed E-state index contributed by atoms with van der Waals surface area (Å²) >= 11 is 4.50. The summed E-state index contributed by atoms with van der Waals surface area (Å²) in [6, 6.07) is 6.60. The lowest BCUT2D eigenvalue weighted by Gasteiger charge is -2.10. The van der Waals surface area contributed by atoms with Crippen molar-refractivity contribution in [3.05, 3.63) is 41.4 Å². The monoisotopic (exact) mass is 240 g/mol. The highest BCUT2D eigenvalue weighted by molar-refractivity contribution is 7.89. The number of nitrogens with zero attached hydrogens (tertiary/aromatic N) is 1. The fourth-order valence-electron chi connectivity index (χ4n) is 0.933. The van der Waals surface area contributed by atoms with Gasteiger partial charge in [0.1, 0.15) is 0 Å². The van der Waals surface area contributed by atoms with Gasteiger partial charge in [-0.1, -0.05) is 17.7 Å². The first-order chi connectivity index (χ1) is 7.19. The standard InChI is InChI=1S/C10H9ClN2OS/c1-2-5-13-15(14)10-4-3-8(7-12)6-9(10)11/h2-4,6,13H,1,5H2. The Balaban J connectivity index is 2.86. The average molecular weight is 241 g/mol. The molecule has 3 nitrogen and oxygen atoms in total. The molecule has 0 saturated heterocycles. The van der Waals surface area contributed by atoms with Gasteiger partial charge in [-0.15, -0.1) is 11.3 Å². The maximum Gasteiger partial charge on any atom is 0.192 e. The van der Waals surface area contributed by atoms with E-state index in [4.69, 9.17) is 16.9 Å². The van der Waals surface area contributed by atoms with Crippen LogP contribution >= 0.6 is 11.6 Å². The molecule has 15 heavy (non-hydrogen) atoms. The number of halogens is 1. The molecule has 0 heterocycles. The molecule has 0 aromatic heterocycles. The molecule has 1 rings (SSSR count). The molecular weight excluding hydrogens is 232 g/mol. The zero-order valence-electron chi connectivity index (χ0n) is 7.87. The van der Waals surface area contributed by atoms with Crippen molar-refractivity contribution in [2.24, 2.45) is 0 Å². The molecule has 0 aliphatic carbocycles. The van der Waals surface area contributed by atoms with Crippen molar-refractivity contribution < 1.29 is 4.55 Å². The van der Waals surface area contributed by atoms with Crippen molar-refractivity contribution in [2.75, 3.05) is 6.54 Å². The fourth-order valence-corrected chi connectivity index (χ4v) is 2.18. The second-order valence-corrected chi connectivity index (χ2v) is 4.34. The Hall–Kier alpha value is -0.990. The lowest BCUT2D eigenvalue weighted by Crippen LogP contribution is -2.23. The third kappa shape index (κ3) is 3.26. The first kappa shape index (κ1) is 12.1. The molecule has 0 aliphatic heterocycles. The molecule has 0 radical (unpaired) electrons. The van der Waals surface area contributed by atoms with E-state index >= 15 is 0 Å². The summed E-state index contributed by atoms with van der Waals surface area (Å²) < 4.78 is 14.3. The molecule has 0 aliphatic rings. The van der Waals surface area contributed by atoms with Gasteiger partial charge in [0.05, 0.1) is 34.6 Å². The van der Waals surface area contributed by atoms with Gasteiger partial charge in [0, 0.05) is 0 Å². The van der Waals surface area contributed by atoms with Gasteiger partial charge in [-0.05, 0) is 18.2 Å². The van der Waals surface area contributed by atoms with Crippen molar-refractivity contribution in [3.63, 3.8) is 0 Å². The molecule has 1 aromatic carbocycles. The number of rotatable bonds is 4. The second kappa shape index (κ2) is 5.79. The predicted octanol–water partition coefficient (Wildman–Crippen LogP) is 2.01. The summed E-state index contributed by atoms with van der Waals surface area (Å²) in [6.45, 7) is 3.94. The number of hydrogen-bond donors (Lipinski definition) is 1. The summed E-state index contributed by atoms with van der Waals surface area (Å²) in [5, 5.41) is 8.94. The summed E-state index contributed by atoms with van der Waals surface area (Å²) in [4.78, 5) is 0.470. The molecule has 1 N–H and O–H groups in total. The van der Waals surface area contributed by atoms with Crippen LogP contribution in [0.25, 0.3) is 0 Å². The normalized spacial score (nSPS) is 11.8. The van der Waals surface area contributed by atoms with Crippen LogP contribution < -0.4 is 4.72 Å². The molecule has 1 unspecified atom stereocenters. The molecule has 78 valence electrons. The Labute approximate surface area is 96.7 Å². The lowest BCUT2D eigenvalue weighted by atomic mass is 10.2. The van der Waals surface area contributed by atoms with E-state index in [1.54, 1.807) is 18.2 Å². The zero-order chi connectivity index (χ0) is 11.3. The van der Waals surface area contributed by atoms with Crippen molar-refractivity contribution in [1.29, 1.82) is 5.26 Å². The first-order valence-electron chi connectivity index (χ1n) is 4.15. The van der Waals surface area contributed by atoms with Crippen LogP contribution in [-0.2, 0) is 11.4 Å². The topological polar surface area (TPSA) is 58.9 Å². The van der Waals surface area contributed by atoms with Gasteiger partial charge in [0.25, 0.3) is 0 Å². The van der Waals surface area contributed by atoms with E-state index < -0.39 is 11.4 Å². The van der Waals surface area contributed by atoms with Gasteiger partial charge in [0.15, 0.2) is 4.90 Å². The van der Waals surface area contributed by atoms with Gasteiger partial charge < -0.3 is 4.55 Å². The van der Waals surface area contributed by atoms with Gasteiger partial charge >= 0.3 is 0 Å². The van der Waals surface area contributed by atoms with Crippen LogP contribution in [-0.4, -0.2) is 11.1 Å². The number of hydrogen-bond acceptors (Lipinski definition) is 3. The third-order valence-corrected chi connectivity index (χ3v) is 3.23. The van der Waals surface area contributed by atoms with Crippen molar-refractivity contribution in [3.8, 4) is 6.07 Å². The average Bonchev–Trinajstić information content (AvgIpc) is 2.25. The van der Waals surface area contributed by atoms with E-state index in [-0.39, 0.29) is 0 Å². The highest BCUT2D eigenvalue weighted by atomic mass is 35.5. The Morgan fingerprint density at radius 3 is 2.93 bits per heavy atom. The summed E-state index contributed by atoms with van der Waals surface area (Å²) in [6.07, 6.45) is 1.61. The number of nitriles is 1. The maximum absolute atomic E-state index is 11.6. The van der Waals surface area contributed by atoms with Gasteiger partial charge in [-0.2, -0.15) is 5.26 Å². The van der Waals surface area contributed by atoms with Gasteiger partial charge in [-0.25, -0.2) is 0 Å². The van der Waals surface area contributed by atoms with Crippen molar-refractivity contribution >= 4 is 23.0 Å². The fraction of sp³-hybridized carbons (Fsp3) is 0.100. The van der Waals surface area contributed by atoms with E-state index in [9.17, 15) is 4.55 Å². The van der Waals surface area contributed by atoms with Gasteiger partial charge in [0.2, 0.25) is 0 Å². The summed E-state index contributed by atoms with van der Waals surface area (Å²) in [5.41, 5.74) is 0.449. The molecule has 0 spiro atoms. The Bertz CT molecular complexity index is 403. The smallest absolute Gasteiger partial charge is 0.192 e. The third-order valence-electron chi connectivity index (χ3n) is 1.62. The quantitative estimate of drug-likeness (QED) is 0.647. The van der Waals surface area contributed by atoms with Crippen LogP contribution in [0.4, 0.5) is 0 Å². The Morgan fingerprint density at radius 2 is 2.40 bits per heavy atom. The molecule has 1 atom stereocenters. The van der Waals surface area contributed by atoms with E-state index in [0.717, 1.165) is 0 Å². The lowest BCUT2D eigenvalue weighted by molar-refractivity contribution is 0.584. The molecule has 1 aromatic rings. The molecule has 0 bridgehead atoms. The maximum atomic E-state index is 11.6. The van der Waals surface area contributed by atoms with Crippen molar-refractivity contribution in [2.45, 2.75) is 4.90 Å². The SMILES string of the molecule is C=CCN[S+]([O-])c1ccc(C#N)cc1Cl. The van der Waals surface area contributed by atoms with Crippen LogP contribution in [0.15, 0.2) is 35.7 Å². The van der Waals surface area contributed by atoms with E-state index in [2.05, 4.69) is 11.3 Å². The van der Waals surface area contributed by atoms with E-state index in [1.165, 1.54) is 6.07 Å². The highest BCUT2D eigenvalue weighted by Crippen LogP contribution is 2.22. The predicted molar refractivity (Wildman–Crippen MR) is 60.8 cm³/mol. The minimum atomic E-state index is -1.37.